The van der Waals surface area contributed by atoms with Crippen molar-refractivity contribution < 1.29 is 18.9 Å². The van der Waals surface area contributed by atoms with Gasteiger partial charge in [0.15, 0.2) is 0 Å². The summed E-state index contributed by atoms with van der Waals surface area (Å²) in [6, 6.07) is 0. The molecule has 0 saturated carbocycles. The quantitative estimate of drug-likeness (QED) is 0.260. The first-order valence-corrected chi connectivity index (χ1v) is 3.58. The Balaban J connectivity index is 0. The maximum Gasteiger partial charge on any atom is 1.00 e. The molecule has 0 rings (SSSR count). The van der Waals surface area contributed by atoms with Crippen molar-refractivity contribution >= 4 is 0 Å². The van der Waals surface area contributed by atoms with E-state index in [4.69, 9.17) is 0 Å². The number of hydrogen-bond donors (Lipinski definition) is 0. The second kappa shape index (κ2) is 10.0. The predicted molar refractivity (Wildman–Crippen MR) is 46.8 cm³/mol. The van der Waals surface area contributed by atoms with Crippen LogP contribution >= 0.6 is 0 Å². The molecule has 58 valence electrons. The molecule has 0 fully saturated rings. The van der Waals surface area contributed by atoms with Crippen molar-refractivity contribution in [1.82, 2.24) is 4.90 Å². The second-order valence-electron chi connectivity index (χ2n) is 2.19. The standard InChI is InChI=1S/C9H16N.Li/c1-4-7-10(8-5-2)9-6-3;/h4-5H,1-3,6-9H2;/q-1;+1. The van der Waals surface area contributed by atoms with E-state index in [9.17, 15) is 0 Å². The van der Waals surface area contributed by atoms with Crippen molar-refractivity contribution in [2.45, 2.75) is 6.42 Å². The molecule has 0 spiro atoms. The van der Waals surface area contributed by atoms with Crippen molar-refractivity contribution in [1.29, 1.82) is 0 Å². The van der Waals surface area contributed by atoms with Crippen molar-refractivity contribution in [3.05, 3.63) is 32.2 Å². The number of nitrogens with zero attached hydrogens (tertiary/aromatic N) is 1. The van der Waals surface area contributed by atoms with E-state index >= 15 is 0 Å². The summed E-state index contributed by atoms with van der Waals surface area (Å²) in [5.74, 6) is 0. The molecule has 1 nitrogen and oxygen atoms in total. The Morgan fingerprint density at radius 2 is 1.64 bits per heavy atom. The average Bonchev–Trinajstić information content (AvgIpc) is 1.90. The van der Waals surface area contributed by atoms with Gasteiger partial charge in [-0.3, -0.25) is 4.90 Å². The first-order valence-electron chi connectivity index (χ1n) is 3.58. The Labute approximate surface area is 82.3 Å². The van der Waals surface area contributed by atoms with E-state index in [-0.39, 0.29) is 18.9 Å². The van der Waals surface area contributed by atoms with E-state index in [1.54, 1.807) is 0 Å². The summed E-state index contributed by atoms with van der Waals surface area (Å²) in [5, 5.41) is 0. The second-order valence-corrected chi connectivity index (χ2v) is 2.19. The van der Waals surface area contributed by atoms with Crippen LogP contribution in [-0.2, 0) is 0 Å². The summed E-state index contributed by atoms with van der Waals surface area (Å²) >= 11 is 0. The Bertz CT molecular complexity index is 91.7. The summed E-state index contributed by atoms with van der Waals surface area (Å²) in [5.41, 5.74) is 0. The van der Waals surface area contributed by atoms with Crippen LogP contribution in [0.5, 0.6) is 0 Å². The largest absolute Gasteiger partial charge is 1.00 e. The third-order valence-electron chi connectivity index (χ3n) is 1.25. The van der Waals surface area contributed by atoms with Crippen LogP contribution in [0.15, 0.2) is 25.3 Å². The van der Waals surface area contributed by atoms with Gasteiger partial charge in [-0.2, -0.15) is 6.42 Å². The fourth-order valence-corrected chi connectivity index (χ4v) is 0.846. The van der Waals surface area contributed by atoms with Gasteiger partial charge in [0.05, 0.1) is 0 Å². The van der Waals surface area contributed by atoms with Crippen LogP contribution in [0.2, 0.25) is 0 Å². The third kappa shape index (κ3) is 7.94. The fraction of sp³-hybridized carbons (Fsp3) is 0.444. The summed E-state index contributed by atoms with van der Waals surface area (Å²) in [4.78, 5) is 2.24. The Hall–Kier alpha value is 0.0374. The normalized spacial score (nSPS) is 8.91. The maximum absolute atomic E-state index is 3.78. The summed E-state index contributed by atoms with van der Waals surface area (Å²) in [7, 11) is 0. The minimum atomic E-state index is 0. The van der Waals surface area contributed by atoms with Crippen LogP contribution < -0.4 is 18.9 Å². The van der Waals surface area contributed by atoms with Gasteiger partial charge in [-0.1, -0.05) is 12.2 Å². The minimum absolute atomic E-state index is 0. The monoisotopic (exact) mass is 145 g/mol. The molecule has 11 heavy (non-hydrogen) atoms. The van der Waals surface area contributed by atoms with Gasteiger partial charge in [0, 0.05) is 13.1 Å². The number of hydrogen-bond acceptors (Lipinski definition) is 1. The Morgan fingerprint density at radius 1 is 1.18 bits per heavy atom. The van der Waals surface area contributed by atoms with Gasteiger partial charge in [-0.05, 0) is 6.54 Å². The summed E-state index contributed by atoms with van der Waals surface area (Å²) < 4.78 is 0. The molecule has 0 amide bonds. The molecule has 0 aromatic rings. The first kappa shape index (κ1) is 13.6. The molecule has 0 aliphatic carbocycles. The number of rotatable bonds is 6. The molecule has 0 aliphatic heterocycles. The molecule has 0 saturated heterocycles. The summed E-state index contributed by atoms with van der Waals surface area (Å²) in [6.45, 7) is 14.0. The Kier molecular flexibility index (Phi) is 12.4. The predicted octanol–water partition coefficient (Wildman–Crippen LogP) is -1.11. The molecule has 0 radical (unpaired) electrons. The van der Waals surface area contributed by atoms with E-state index < -0.39 is 0 Å². The van der Waals surface area contributed by atoms with E-state index in [1.807, 2.05) is 12.2 Å². The van der Waals surface area contributed by atoms with Crippen molar-refractivity contribution in [3.8, 4) is 0 Å². The molecular formula is C9H16LiN. The summed E-state index contributed by atoms with van der Waals surface area (Å²) in [6.07, 6.45) is 4.75. The van der Waals surface area contributed by atoms with Gasteiger partial charge in [0.25, 0.3) is 0 Å². The minimum Gasteiger partial charge on any atom is -0.342 e. The molecular weight excluding hydrogens is 129 g/mol. The van der Waals surface area contributed by atoms with Gasteiger partial charge in [-0.25, -0.2) is 0 Å². The molecule has 0 bridgehead atoms. The van der Waals surface area contributed by atoms with Gasteiger partial charge >= 0.3 is 18.9 Å². The van der Waals surface area contributed by atoms with E-state index in [1.165, 1.54) is 0 Å². The fourth-order valence-electron chi connectivity index (χ4n) is 0.846. The van der Waals surface area contributed by atoms with Crippen molar-refractivity contribution in [2.75, 3.05) is 19.6 Å². The van der Waals surface area contributed by atoms with Crippen LogP contribution in [0.25, 0.3) is 0 Å². The SMILES string of the molecule is C=CCN(CC=C)CC[CH2-].[Li+]. The zero-order chi connectivity index (χ0) is 7.82. The van der Waals surface area contributed by atoms with Crippen LogP contribution in [0.3, 0.4) is 0 Å². The smallest absolute Gasteiger partial charge is 0.342 e. The molecule has 0 aromatic heterocycles. The third-order valence-corrected chi connectivity index (χ3v) is 1.25. The van der Waals surface area contributed by atoms with E-state index in [2.05, 4.69) is 25.0 Å². The van der Waals surface area contributed by atoms with Crippen molar-refractivity contribution in [2.24, 2.45) is 0 Å². The van der Waals surface area contributed by atoms with E-state index in [0.717, 1.165) is 26.1 Å². The average molecular weight is 145 g/mol. The van der Waals surface area contributed by atoms with Crippen molar-refractivity contribution in [3.63, 3.8) is 0 Å². The van der Waals surface area contributed by atoms with Gasteiger partial charge < -0.3 is 6.92 Å². The topological polar surface area (TPSA) is 3.24 Å². The van der Waals surface area contributed by atoms with Gasteiger partial charge in [-0.15, -0.1) is 13.2 Å². The maximum atomic E-state index is 3.78. The van der Waals surface area contributed by atoms with Gasteiger partial charge in [0.2, 0.25) is 0 Å². The van der Waals surface area contributed by atoms with Gasteiger partial charge in [0.1, 0.15) is 0 Å². The van der Waals surface area contributed by atoms with Crippen LogP contribution in [-0.4, -0.2) is 24.5 Å². The molecule has 0 aromatic carbocycles. The van der Waals surface area contributed by atoms with Crippen LogP contribution in [0.1, 0.15) is 6.42 Å². The molecule has 0 aliphatic rings. The molecule has 0 atom stereocenters. The molecule has 0 heterocycles. The molecule has 0 unspecified atom stereocenters. The Morgan fingerprint density at radius 3 is 1.91 bits per heavy atom. The zero-order valence-corrected chi connectivity index (χ0v) is 7.55. The van der Waals surface area contributed by atoms with E-state index in [0.29, 0.717) is 0 Å². The first-order chi connectivity index (χ1) is 4.85. The zero-order valence-electron chi connectivity index (χ0n) is 7.55. The molecule has 2 heteroatoms. The van der Waals surface area contributed by atoms with Crippen LogP contribution in [0.4, 0.5) is 0 Å². The molecule has 0 N–H and O–H groups in total. The van der Waals surface area contributed by atoms with Crippen LogP contribution in [0, 0.1) is 6.92 Å².